The molecule has 0 aliphatic rings. The number of alkyl halides is 1. The molecule has 1 aromatic heterocycles. The first-order valence-corrected chi connectivity index (χ1v) is 8.34. The van der Waals surface area contributed by atoms with Gasteiger partial charge in [-0.05, 0) is 26.8 Å². The Morgan fingerprint density at radius 3 is 2.44 bits per heavy atom. The van der Waals surface area contributed by atoms with Crippen LogP contribution in [0.2, 0.25) is 5.02 Å². The molecule has 0 saturated heterocycles. The maximum absolute atomic E-state index is 12.0. The van der Waals surface area contributed by atoms with Crippen molar-refractivity contribution in [3.8, 4) is 0 Å². The van der Waals surface area contributed by atoms with Crippen LogP contribution in [0.4, 0.5) is 0 Å². The Labute approximate surface area is 113 Å². The third kappa shape index (κ3) is 3.70. The third-order valence-electron chi connectivity index (χ3n) is 1.56. The largest absolute Gasteiger partial charge is 0.250 e. The Bertz CT molecular complexity index is 476. The van der Waals surface area contributed by atoms with E-state index in [1.165, 1.54) is 17.4 Å². The molecule has 1 aromatic rings. The second-order valence-corrected chi connectivity index (χ2v) is 8.34. The Morgan fingerprint density at radius 2 is 2.06 bits per heavy atom. The highest BCUT2D eigenvalue weighted by Crippen LogP contribution is 2.32. The standard InChI is InChI=1S/C9H13BrClNO2S2/c1-9(2,3)12-16(13,14)8-4-6(11)7(5-10)15-8/h4,12H,5H2,1-3H3. The highest BCUT2D eigenvalue weighted by atomic mass is 79.9. The van der Waals surface area contributed by atoms with Crippen LogP contribution in [0.5, 0.6) is 0 Å². The van der Waals surface area contributed by atoms with Crippen LogP contribution in [-0.4, -0.2) is 14.0 Å². The molecule has 0 amide bonds. The minimum atomic E-state index is -3.47. The van der Waals surface area contributed by atoms with E-state index in [0.29, 0.717) is 10.4 Å². The second kappa shape index (κ2) is 4.94. The molecular formula is C9H13BrClNO2S2. The molecule has 0 atom stereocenters. The number of rotatable bonds is 3. The van der Waals surface area contributed by atoms with E-state index < -0.39 is 15.6 Å². The first-order chi connectivity index (χ1) is 7.15. The molecule has 1 N–H and O–H groups in total. The molecule has 0 aliphatic heterocycles. The van der Waals surface area contributed by atoms with Crippen molar-refractivity contribution in [2.24, 2.45) is 0 Å². The molecule has 1 heterocycles. The number of hydrogen-bond donors (Lipinski definition) is 1. The summed E-state index contributed by atoms with van der Waals surface area (Å²) in [6, 6.07) is 1.48. The van der Waals surface area contributed by atoms with Gasteiger partial charge in [0, 0.05) is 15.7 Å². The number of halogens is 2. The van der Waals surface area contributed by atoms with Crippen molar-refractivity contribution in [2.45, 2.75) is 35.8 Å². The molecule has 92 valence electrons. The molecule has 0 aliphatic carbocycles. The zero-order valence-electron chi connectivity index (χ0n) is 9.17. The first kappa shape index (κ1) is 14.4. The van der Waals surface area contributed by atoms with Crippen molar-refractivity contribution in [1.82, 2.24) is 4.72 Å². The lowest BCUT2D eigenvalue weighted by molar-refractivity contribution is 0.492. The van der Waals surface area contributed by atoms with E-state index in [-0.39, 0.29) is 4.21 Å². The van der Waals surface area contributed by atoms with Gasteiger partial charge in [-0.3, -0.25) is 0 Å². The van der Waals surface area contributed by atoms with Gasteiger partial charge in [0.1, 0.15) is 4.21 Å². The minimum Gasteiger partial charge on any atom is -0.206 e. The van der Waals surface area contributed by atoms with Crippen molar-refractivity contribution < 1.29 is 8.42 Å². The van der Waals surface area contributed by atoms with Gasteiger partial charge in [0.05, 0.1) is 5.02 Å². The van der Waals surface area contributed by atoms with E-state index in [1.54, 1.807) is 20.8 Å². The van der Waals surface area contributed by atoms with E-state index >= 15 is 0 Å². The van der Waals surface area contributed by atoms with E-state index in [4.69, 9.17) is 11.6 Å². The van der Waals surface area contributed by atoms with Gasteiger partial charge in [-0.25, -0.2) is 13.1 Å². The number of thiophene rings is 1. The van der Waals surface area contributed by atoms with Crippen LogP contribution < -0.4 is 4.72 Å². The van der Waals surface area contributed by atoms with Crippen molar-refractivity contribution in [1.29, 1.82) is 0 Å². The Hall–Kier alpha value is 0.380. The minimum absolute atomic E-state index is 0.252. The summed E-state index contributed by atoms with van der Waals surface area (Å²) in [6.45, 7) is 5.39. The van der Waals surface area contributed by atoms with Gasteiger partial charge in [0.25, 0.3) is 10.0 Å². The summed E-state index contributed by atoms with van der Waals surface area (Å²) < 4.78 is 26.7. The van der Waals surface area contributed by atoms with Crippen LogP contribution in [0, 0.1) is 0 Å². The lowest BCUT2D eigenvalue weighted by Gasteiger charge is -2.19. The molecule has 0 saturated carbocycles. The third-order valence-corrected chi connectivity index (χ3v) is 6.31. The maximum Gasteiger partial charge on any atom is 0.250 e. The molecule has 16 heavy (non-hydrogen) atoms. The first-order valence-electron chi connectivity index (χ1n) is 4.54. The lowest BCUT2D eigenvalue weighted by atomic mass is 10.1. The van der Waals surface area contributed by atoms with Gasteiger partial charge < -0.3 is 0 Å². The van der Waals surface area contributed by atoms with Crippen molar-refractivity contribution in [3.63, 3.8) is 0 Å². The van der Waals surface area contributed by atoms with Gasteiger partial charge in [-0.15, -0.1) is 11.3 Å². The van der Waals surface area contributed by atoms with Crippen molar-refractivity contribution >= 4 is 48.9 Å². The smallest absolute Gasteiger partial charge is 0.206 e. The Kier molecular flexibility index (Phi) is 4.46. The van der Waals surface area contributed by atoms with Gasteiger partial charge in [-0.1, -0.05) is 27.5 Å². The molecule has 1 rings (SSSR count). The predicted octanol–water partition coefficient (Wildman–Crippen LogP) is 3.37. The zero-order chi connectivity index (χ0) is 12.6. The summed E-state index contributed by atoms with van der Waals surface area (Å²) in [7, 11) is -3.47. The van der Waals surface area contributed by atoms with Crippen LogP contribution in [0.1, 0.15) is 25.6 Å². The summed E-state index contributed by atoms with van der Waals surface area (Å²) in [5.74, 6) is 0. The number of hydrogen-bond acceptors (Lipinski definition) is 3. The summed E-state index contributed by atoms with van der Waals surface area (Å²) in [6.07, 6.45) is 0. The molecule has 0 unspecified atom stereocenters. The average molecular weight is 347 g/mol. The number of nitrogens with one attached hydrogen (secondary N) is 1. The second-order valence-electron chi connectivity index (χ2n) is 4.33. The fraction of sp³-hybridized carbons (Fsp3) is 0.556. The van der Waals surface area contributed by atoms with E-state index in [0.717, 1.165) is 4.88 Å². The predicted molar refractivity (Wildman–Crippen MR) is 72.0 cm³/mol. The highest BCUT2D eigenvalue weighted by Gasteiger charge is 2.24. The summed E-state index contributed by atoms with van der Waals surface area (Å²) in [5, 5.41) is 1.04. The normalized spacial score (nSPS) is 13.1. The monoisotopic (exact) mass is 345 g/mol. The molecule has 0 radical (unpaired) electrons. The SMILES string of the molecule is CC(C)(C)NS(=O)(=O)c1cc(Cl)c(CBr)s1. The van der Waals surface area contributed by atoms with Crippen LogP contribution in [-0.2, 0) is 15.4 Å². The molecule has 0 bridgehead atoms. The summed E-state index contributed by atoms with van der Waals surface area (Å²) in [5.41, 5.74) is -0.496. The van der Waals surface area contributed by atoms with E-state index in [1.807, 2.05) is 0 Å². The maximum atomic E-state index is 12.0. The van der Waals surface area contributed by atoms with Gasteiger partial charge in [-0.2, -0.15) is 0 Å². The molecule has 3 nitrogen and oxygen atoms in total. The van der Waals surface area contributed by atoms with E-state index in [9.17, 15) is 8.42 Å². The fourth-order valence-corrected chi connectivity index (χ4v) is 4.96. The Balaban J connectivity index is 3.08. The quantitative estimate of drug-likeness (QED) is 0.853. The van der Waals surface area contributed by atoms with Crippen LogP contribution >= 0.6 is 38.9 Å². The van der Waals surface area contributed by atoms with Crippen LogP contribution in [0.3, 0.4) is 0 Å². The average Bonchev–Trinajstić information content (AvgIpc) is 2.43. The van der Waals surface area contributed by atoms with Crippen molar-refractivity contribution in [2.75, 3.05) is 0 Å². The Morgan fingerprint density at radius 1 is 1.50 bits per heavy atom. The molecule has 0 aromatic carbocycles. The molecule has 0 fully saturated rings. The molecular weight excluding hydrogens is 334 g/mol. The zero-order valence-corrected chi connectivity index (χ0v) is 13.1. The summed E-state index contributed by atoms with van der Waals surface area (Å²) >= 11 is 10.3. The van der Waals surface area contributed by atoms with Crippen LogP contribution in [0.25, 0.3) is 0 Å². The van der Waals surface area contributed by atoms with E-state index in [2.05, 4.69) is 20.7 Å². The van der Waals surface area contributed by atoms with Gasteiger partial charge in [0.2, 0.25) is 0 Å². The topological polar surface area (TPSA) is 46.2 Å². The van der Waals surface area contributed by atoms with Crippen molar-refractivity contribution in [3.05, 3.63) is 16.0 Å². The summed E-state index contributed by atoms with van der Waals surface area (Å²) in [4.78, 5) is 0.816. The molecule has 7 heteroatoms. The fourth-order valence-electron chi connectivity index (χ4n) is 1.06. The molecule has 0 spiro atoms. The van der Waals surface area contributed by atoms with Gasteiger partial charge in [0.15, 0.2) is 0 Å². The highest BCUT2D eigenvalue weighted by molar-refractivity contribution is 9.08. The van der Waals surface area contributed by atoms with Gasteiger partial charge >= 0.3 is 0 Å². The lowest BCUT2D eigenvalue weighted by Crippen LogP contribution is -2.40. The number of sulfonamides is 1. The van der Waals surface area contributed by atoms with Crippen LogP contribution in [0.15, 0.2) is 10.3 Å².